The van der Waals surface area contributed by atoms with Gasteiger partial charge in [-0.1, -0.05) is 37.3 Å². The van der Waals surface area contributed by atoms with E-state index in [0.717, 1.165) is 12.0 Å². The van der Waals surface area contributed by atoms with Crippen LogP contribution in [0.2, 0.25) is 0 Å². The van der Waals surface area contributed by atoms with E-state index in [2.05, 4.69) is 0 Å². The van der Waals surface area contributed by atoms with Crippen molar-refractivity contribution >= 4 is 5.97 Å². The number of aliphatic hydroxyl groups is 2. The fourth-order valence-corrected chi connectivity index (χ4v) is 0.911. The highest BCUT2D eigenvalue weighted by Gasteiger charge is 2.01. The van der Waals surface area contributed by atoms with Gasteiger partial charge in [0.25, 0.3) is 0 Å². The monoisotopic (exact) mass is 226 g/mol. The number of aliphatic hydroxyl groups excluding tert-OH is 2. The van der Waals surface area contributed by atoms with Gasteiger partial charge in [0.05, 0.1) is 6.10 Å². The summed E-state index contributed by atoms with van der Waals surface area (Å²) in [5, 5.41) is 25.1. The molecule has 3 N–H and O–H groups in total. The molecule has 1 rings (SSSR count). The molecule has 0 aliphatic rings. The number of carboxylic acid groups (broad SMARTS) is 1. The van der Waals surface area contributed by atoms with Crippen LogP contribution in [0.1, 0.15) is 31.9 Å². The van der Waals surface area contributed by atoms with Gasteiger partial charge in [-0.3, -0.25) is 0 Å². The van der Waals surface area contributed by atoms with Gasteiger partial charge in [-0.05, 0) is 18.9 Å². The highest BCUT2D eigenvalue weighted by Crippen LogP contribution is 2.14. The molecule has 0 bridgehead atoms. The van der Waals surface area contributed by atoms with Gasteiger partial charge >= 0.3 is 5.97 Å². The van der Waals surface area contributed by atoms with E-state index in [9.17, 15) is 9.90 Å². The van der Waals surface area contributed by atoms with Crippen LogP contribution in [0.4, 0.5) is 0 Å². The number of hydrogen-bond acceptors (Lipinski definition) is 3. The fourth-order valence-electron chi connectivity index (χ4n) is 0.911. The second-order valence-corrected chi connectivity index (χ2v) is 3.35. The molecule has 0 amide bonds. The van der Waals surface area contributed by atoms with Crippen molar-refractivity contribution in [3.8, 4) is 0 Å². The minimum absolute atomic E-state index is 0.291. The number of carbonyl (C=O) groups is 1. The maximum Gasteiger partial charge on any atom is 0.332 e. The van der Waals surface area contributed by atoms with Gasteiger partial charge in [0.15, 0.2) is 0 Å². The Morgan fingerprint density at radius 2 is 1.69 bits per heavy atom. The molecule has 0 saturated carbocycles. The summed E-state index contributed by atoms with van der Waals surface area (Å²) in [7, 11) is 0. The molecule has 1 aromatic rings. The van der Waals surface area contributed by atoms with Crippen LogP contribution in [0.25, 0.3) is 0 Å². The smallest absolute Gasteiger partial charge is 0.332 e. The third-order valence-electron chi connectivity index (χ3n) is 1.93. The van der Waals surface area contributed by atoms with Crippen molar-refractivity contribution in [1.82, 2.24) is 0 Å². The molecule has 2 unspecified atom stereocenters. The van der Waals surface area contributed by atoms with E-state index < -0.39 is 12.1 Å². The predicted molar refractivity (Wildman–Crippen MR) is 61.0 cm³/mol. The molecular formula is C12H18O4. The Bertz CT molecular complexity index is 295. The molecule has 0 spiro atoms. The quantitative estimate of drug-likeness (QED) is 0.731. The number of carboxylic acids is 1. The number of hydrogen-bond donors (Lipinski definition) is 3. The van der Waals surface area contributed by atoms with E-state index in [1.807, 2.05) is 37.3 Å². The molecule has 0 aromatic heterocycles. The summed E-state index contributed by atoms with van der Waals surface area (Å²) in [4.78, 5) is 9.45. The highest BCUT2D eigenvalue weighted by atomic mass is 16.4. The lowest BCUT2D eigenvalue weighted by Crippen LogP contribution is -2.13. The van der Waals surface area contributed by atoms with E-state index in [-0.39, 0.29) is 6.10 Å². The average molecular weight is 226 g/mol. The lowest BCUT2D eigenvalue weighted by Gasteiger charge is -2.05. The molecule has 90 valence electrons. The topological polar surface area (TPSA) is 77.8 Å². The Labute approximate surface area is 95.2 Å². The zero-order chi connectivity index (χ0) is 12.6. The Hall–Kier alpha value is -1.39. The van der Waals surface area contributed by atoms with Gasteiger partial charge in [-0.2, -0.15) is 0 Å². The third-order valence-corrected chi connectivity index (χ3v) is 1.93. The maximum atomic E-state index is 9.45. The second-order valence-electron chi connectivity index (χ2n) is 3.35. The molecule has 4 nitrogen and oxygen atoms in total. The Morgan fingerprint density at radius 1 is 1.25 bits per heavy atom. The summed E-state index contributed by atoms with van der Waals surface area (Å²) in [6.45, 7) is 3.17. The van der Waals surface area contributed by atoms with E-state index in [1.165, 1.54) is 6.92 Å². The molecule has 16 heavy (non-hydrogen) atoms. The minimum Gasteiger partial charge on any atom is -0.479 e. The Balaban J connectivity index is 0.000000325. The van der Waals surface area contributed by atoms with Crippen LogP contribution in [0.15, 0.2) is 30.3 Å². The summed E-state index contributed by atoms with van der Waals surface area (Å²) in [5.41, 5.74) is 1.00. The summed E-state index contributed by atoms with van der Waals surface area (Å²) in [6, 6.07) is 9.70. The summed E-state index contributed by atoms with van der Waals surface area (Å²) in [6.07, 6.45) is -0.740. The van der Waals surface area contributed by atoms with Crippen molar-refractivity contribution in [2.75, 3.05) is 0 Å². The molecule has 1 aromatic carbocycles. The third kappa shape index (κ3) is 6.16. The van der Waals surface area contributed by atoms with Gasteiger partial charge in [0.1, 0.15) is 6.10 Å². The van der Waals surface area contributed by atoms with Crippen LogP contribution in [0.3, 0.4) is 0 Å². The van der Waals surface area contributed by atoms with Gasteiger partial charge in [0.2, 0.25) is 0 Å². The first-order valence-corrected chi connectivity index (χ1v) is 5.12. The summed E-state index contributed by atoms with van der Waals surface area (Å²) < 4.78 is 0. The molecular weight excluding hydrogens is 208 g/mol. The largest absolute Gasteiger partial charge is 0.479 e. The average Bonchev–Trinajstić information content (AvgIpc) is 2.30. The standard InChI is InChI=1S/C9H12O.C3H6O3/c1-2-9(10)8-6-4-3-5-7-8;1-2(4)3(5)6/h3-7,9-10H,2H2,1H3;2,4H,1H3,(H,5,6). The first kappa shape index (κ1) is 14.6. The van der Waals surface area contributed by atoms with Crippen molar-refractivity contribution in [2.24, 2.45) is 0 Å². The first-order valence-electron chi connectivity index (χ1n) is 5.12. The fraction of sp³-hybridized carbons (Fsp3) is 0.417. The van der Waals surface area contributed by atoms with E-state index >= 15 is 0 Å². The summed E-state index contributed by atoms with van der Waals surface area (Å²) in [5.74, 6) is -1.19. The minimum atomic E-state index is -1.23. The van der Waals surface area contributed by atoms with Gasteiger partial charge in [0, 0.05) is 0 Å². The number of aliphatic carboxylic acids is 1. The van der Waals surface area contributed by atoms with Crippen molar-refractivity contribution < 1.29 is 20.1 Å². The maximum absolute atomic E-state index is 9.45. The van der Waals surface area contributed by atoms with Gasteiger partial charge in [-0.15, -0.1) is 0 Å². The van der Waals surface area contributed by atoms with Crippen molar-refractivity contribution in [1.29, 1.82) is 0 Å². The first-order chi connectivity index (χ1) is 7.49. The Morgan fingerprint density at radius 3 is 2.00 bits per heavy atom. The molecule has 0 aliphatic carbocycles. The molecule has 0 fully saturated rings. The van der Waals surface area contributed by atoms with E-state index in [1.54, 1.807) is 0 Å². The zero-order valence-electron chi connectivity index (χ0n) is 9.50. The lowest BCUT2D eigenvalue weighted by molar-refractivity contribution is -0.145. The van der Waals surface area contributed by atoms with Crippen LogP contribution >= 0.6 is 0 Å². The lowest BCUT2D eigenvalue weighted by atomic mass is 10.1. The molecule has 0 heterocycles. The highest BCUT2D eigenvalue weighted by molar-refractivity contribution is 5.71. The number of rotatable bonds is 3. The van der Waals surface area contributed by atoms with E-state index in [0.29, 0.717) is 0 Å². The molecule has 4 heteroatoms. The molecule has 0 aliphatic heterocycles. The SMILES string of the molecule is CC(O)C(=O)O.CCC(O)c1ccccc1. The van der Waals surface area contributed by atoms with Gasteiger partial charge < -0.3 is 15.3 Å². The Kier molecular flexibility index (Phi) is 7.16. The van der Waals surface area contributed by atoms with Crippen LogP contribution in [0.5, 0.6) is 0 Å². The number of benzene rings is 1. The van der Waals surface area contributed by atoms with Crippen LogP contribution in [0, 0.1) is 0 Å². The van der Waals surface area contributed by atoms with Gasteiger partial charge in [-0.25, -0.2) is 4.79 Å². The molecule has 0 saturated heterocycles. The van der Waals surface area contributed by atoms with E-state index in [4.69, 9.17) is 10.2 Å². The van der Waals surface area contributed by atoms with Crippen LogP contribution < -0.4 is 0 Å². The van der Waals surface area contributed by atoms with Crippen molar-refractivity contribution in [2.45, 2.75) is 32.5 Å². The second kappa shape index (κ2) is 7.84. The molecule has 2 atom stereocenters. The summed E-state index contributed by atoms with van der Waals surface area (Å²) >= 11 is 0. The van der Waals surface area contributed by atoms with Crippen molar-refractivity contribution in [3.63, 3.8) is 0 Å². The molecule has 0 radical (unpaired) electrons. The van der Waals surface area contributed by atoms with Crippen LogP contribution in [-0.2, 0) is 4.79 Å². The van der Waals surface area contributed by atoms with Crippen molar-refractivity contribution in [3.05, 3.63) is 35.9 Å². The normalized spacial score (nSPS) is 13.2. The van der Waals surface area contributed by atoms with Crippen LogP contribution in [-0.4, -0.2) is 27.4 Å². The predicted octanol–water partition coefficient (Wildman–Crippen LogP) is 1.58. The zero-order valence-corrected chi connectivity index (χ0v) is 9.50.